The van der Waals surface area contributed by atoms with Crippen LogP contribution < -0.4 is 5.32 Å². The standard InChI is InChI=1S/C16H23F2NOS/c1-2-9-19-15-5-3-4-12(15)8-10-21(20)16-7-6-13(17)11-14(16)18/h6-7,11-12,15,19H,2-5,8-10H2,1H3. The highest BCUT2D eigenvalue weighted by molar-refractivity contribution is 7.85. The summed E-state index contributed by atoms with van der Waals surface area (Å²) in [4.78, 5) is 0.118. The van der Waals surface area contributed by atoms with Gasteiger partial charge >= 0.3 is 0 Å². The molecule has 3 atom stereocenters. The average molecular weight is 315 g/mol. The Morgan fingerprint density at radius 1 is 1.33 bits per heavy atom. The smallest absolute Gasteiger partial charge is 0.142 e. The Bertz CT molecular complexity index is 495. The Balaban J connectivity index is 1.88. The number of rotatable bonds is 7. The third-order valence-electron chi connectivity index (χ3n) is 4.13. The van der Waals surface area contributed by atoms with E-state index in [1.54, 1.807) is 0 Å². The van der Waals surface area contributed by atoms with Gasteiger partial charge in [-0.1, -0.05) is 13.3 Å². The highest BCUT2D eigenvalue weighted by Crippen LogP contribution is 2.29. The van der Waals surface area contributed by atoms with Crippen LogP contribution >= 0.6 is 0 Å². The van der Waals surface area contributed by atoms with Crippen LogP contribution in [0.1, 0.15) is 39.0 Å². The largest absolute Gasteiger partial charge is 0.314 e. The summed E-state index contributed by atoms with van der Waals surface area (Å²) in [5.74, 6) is -0.380. The number of hydrogen-bond acceptors (Lipinski definition) is 2. The van der Waals surface area contributed by atoms with Crippen molar-refractivity contribution in [2.75, 3.05) is 12.3 Å². The van der Waals surface area contributed by atoms with Gasteiger partial charge in [0.1, 0.15) is 11.6 Å². The lowest BCUT2D eigenvalue weighted by Crippen LogP contribution is -2.33. The number of halogens is 2. The lowest BCUT2D eigenvalue weighted by atomic mass is 10.0. The van der Waals surface area contributed by atoms with Crippen molar-refractivity contribution < 1.29 is 13.0 Å². The number of hydrogen-bond donors (Lipinski definition) is 1. The van der Waals surface area contributed by atoms with E-state index in [-0.39, 0.29) is 4.90 Å². The lowest BCUT2D eigenvalue weighted by Gasteiger charge is -2.20. The zero-order valence-electron chi connectivity index (χ0n) is 12.4. The van der Waals surface area contributed by atoms with Gasteiger partial charge < -0.3 is 5.32 Å². The summed E-state index contributed by atoms with van der Waals surface area (Å²) in [6.45, 7) is 3.15. The van der Waals surface area contributed by atoms with Gasteiger partial charge in [-0.25, -0.2) is 8.78 Å². The van der Waals surface area contributed by atoms with Crippen LogP contribution in [0.15, 0.2) is 23.1 Å². The van der Waals surface area contributed by atoms with Crippen LogP contribution in [0.2, 0.25) is 0 Å². The fourth-order valence-corrected chi connectivity index (χ4v) is 4.24. The summed E-state index contributed by atoms with van der Waals surface area (Å²) in [7, 11) is -1.39. The van der Waals surface area contributed by atoms with E-state index in [1.165, 1.54) is 18.9 Å². The van der Waals surface area contributed by atoms with E-state index < -0.39 is 22.4 Å². The Morgan fingerprint density at radius 2 is 2.14 bits per heavy atom. The van der Waals surface area contributed by atoms with Gasteiger partial charge in [-0.05, 0) is 50.3 Å². The van der Waals surface area contributed by atoms with Crippen molar-refractivity contribution in [2.24, 2.45) is 5.92 Å². The van der Waals surface area contributed by atoms with Gasteiger partial charge in [0.2, 0.25) is 0 Å². The van der Waals surface area contributed by atoms with E-state index in [0.29, 0.717) is 17.7 Å². The van der Waals surface area contributed by atoms with Crippen LogP contribution in [-0.4, -0.2) is 22.5 Å². The first-order chi connectivity index (χ1) is 10.1. The molecule has 0 aliphatic heterocycles. The normalized spacial score (nSPS) is 23.4. The molecule has 1 aliphatic rings. The first-order valence-corrected chi connectivity index (χ1v) is 9.00. The molecule has 1 N–H and O–H groups in total. The van der Waals surface area contributed by atoms with Crippen LogP contribution in [0, 0.1) is 17.6 Å². The predicted octanol–water partition coefficient (Wildman–Crippen LogP) is 3.63. The van der Waals surface area contributed by atoms with Crippen LogP contribution in [0.5, 0.6) is 0 Å². The summed E-state index contributed by atoms with van der Waals surface area (Å²) in [5, 5.41) is 3.54. The monoisotopic (exact) mass is 315 g/mol. The third kappa shape index (κ3) is 4.58. The molecule has 1 aliphatic carbocycles. The summed E-state index contributed by atoms with van der Waals surface area (Å²) in [6, 6.07) is 3.76. The zero-order chi connectivity index (χ0) is 15.2. The van der Waals surface area contributed by atoms with Gasteiger partial charge in [-0.2, -0.15) is 0 Å². The van der Waals surface area contributed by atoms with Crippen molar-refractivity contribution in [1.29, 1.82) is 0 Å². The topological polar surface area (TPSA) is 29.1 Å². The second-order valence-electron chi connectivity index (χ2n) is 5.66. The Kier molecular flexibility index (Phi) is 6.30. The van der Waals surface area contributed by atoms with Crippen LogP contribution in [0.25, 0.3) is 0 Å². The first-order valence-electron chi connectivity index (χ1n) is 7.68. The number of nitrogens with one attached hydrogen (secondary N) is 1. The summed E-state index contributed by atoms with van der Waals surface area (Å²) >= 11 is 0. The Morgan fingerprint density at radius 3 is 2.86 bits per heavy atom. The maximum atomic E-state index is 13.6. The molecule has 2 rings (SSSR count). The lowest BCUT2D eigenvalue weighted by molar-refractivity contribution is 0.392. The molecular formula is C16H23F2NOS. The van der Waals surface area contributed by atoms with Gasteiger partial charge in [0, 0.05) is 17.9 Å². The summed E-state index contributed by atoms with van der Waals surface area (Å²) < 4.78 is 38.6. The summed E-state index contributed by atoms with van der Waals surface area (Å²) in [6.07, 6.45) is 5.44. The van der Waals surface area contributed by atoms with Gasteiger partial charge in [0.15, 0.2) is 0 Å². The molecule has 0 radical (unpaired) electrons. The van der Waals surface area contributed by atoms with Crippen molar-refractivity contribution in [1.82, 2.24) is 5.32 Å². The van der Waals surface area contributed by atoms with E-state index in [0.717, 1.165) is 37.9 Å². The molecule has 3 unspecified atom stereocenters. The highest BCUT2D eigenvalue weighted by atomic mass is 32.2. The van der Waals surface area contributed by atoms with E-state index >= 15 is 0 Å². The minimum atomic E-state index is -1.39. The quantitative estimate of drug-likeness (QED) is 0.832. The fourth-order valence-electron chi connectivity index (χ4n) is 3.01. The van der Waals surface area contributed by atoms with Crippen LogP contribution in [0.4, 0.5) is 8.78 Å². The fraction of sp³-hybridized carbons (Fsp3) is 0.625. The van der Waals surface area contributed by atoms with E-state index in [9.17, 15) is 13.0 Å². The third-order valence-corrected chi connectivity index (χ3v) is 5.56. The average Bonchev–Trinajstić information content (AvgIpc) is 2.90. The number of benzene rings is 1. The molecule has 2 nitrogen and oxygen atoms in total. The molecule has 1 aromatic carbocycles. The molecule has 5 heteroatoms. The van der Waals surface area contributed by atoms with Crippen LogP contribution in [0.3, 0.4) is 0 Å². The molecule has 0 bridgehead atoms. The minimum Gasteiger partial charge on any atom is -0.314 e. The van der Waals surface area contributed by atoms with Crippen molar-refractivity contribution in [3.63, 3.8) is 0 Å². The second-order valence-corrected chi connectivity index (χ2v) is 7.20. The Labute approximate surface area is 127 Å². The van der Waals surface area contributed by atoms with Crippen molar-refractivity contribution in [3.05, 3.63) is 29.8 Å². The molecule has 0 saturated heterocycles. The van der Waals surface area contributed by atoms with Crippen molar-refractivity contribution in [3.8, 4) is 0 Å². The second kappa shape index (κ2) is 7.99. The molecular weight excluding hydrogens is 292 g/mol. The van der Waals surface area contributed by atoms with E-state index in [4.69, 9.17) is 0 Å². The summed E-state index contributed by atoms with van der Waals surface area (Å²) in [5.41, 5.74) is 0. The van der Waals surface area contributed by atoms with Crippen molar-refractivity contribution >= 4 is 10.8 Å². The molecule has 1 aromatic rings. The molecule has 1 saturated carbocycles. The van der Waals surface area contributed by atoms with E-state index in [2.05, 4.69) is 12.2 Å². The first kappa shape index (κ1) is 16.6. The van der Waals surface area contributed by atoms with Crippen LogP contribution in [-0.2, 0) is 10.8 Å². The van der Waals surface area contributed by atoms with Crippen molar-refractivity contribution in [2.45, 2.75) is 50.0 Å². The van der Waals surface area contributed by atoms with Gasteiger partial charge in [0.05, 0.1) is 15.7 Å². The molecule has 0 aromatic heterocycles. The van der Waals surface area contributed by atoms with Gasteiger partial charge in [-0.15, -0.1) is 0 Å². The van der Waals surface area contributed by atoms with E-state index in [1.807, 2.05) is 0 Å². The minimum absolute atomic E-state index is 0.118. The maximum absolute atomic E-state index is 13.6. The SMILES string of the molecule is CCCNC1CCCC1CCS(=O)c1ccc(F)cc1F. The highest BCUT2D eigenvalue weighted by Gasteiger charge is 2.27. The Hall–Kier alpha value is -0.810. The molecule has 0 amide bonds. The predicted molar refractivity (Wildman–Crippen MR) is 81.7 cm³/mol. The molecule has 0 spiro atoms. The van der Waals surface area contributed by atoms with Gasteiger partial charge in [-0.3, -0.25) is 4.21 Å². The molecule has 118 valence electrons. The zero-order valence-corrected chi connectivity index (χ0v) is 13.2. The molecule has 1 fully saturated rings. The maximum Gasteiger partial charge on any atom is 0.142 e. The molecule has 21 heavy (non-hydrogen) atoms. The molecule has 0 heterocycles. The van der Waals surface area contributed by atoms with Gasteiger partial charge in [0.25, 0.3) is 0 Å².